The van der Waals surface area contributed by atoms with Crippen LogP contribution >= 0.6 is 0 Å². The zero-order valence-corrected chi connectivity index (χ0v) is 36.5. The number of esters is 1. The molecule has 1 aromatic heterocycles. The number of Topliss-reactive ketones (excluding diaryl/α,β-unsaturated/α-hetero) is 2. The van der Waals surface area contributed by atoms with Crippen LogP contribution in [0.3, 0.4) is 0 Å². The van der Waals surface area contributed by atoms with Crippen molar-refractivity contribution < 1.29 is 47.4 Å². The molecule has 6 rings (SSSR count). The highest BCUT2D eigenvalue weighted by Gasteiger charge is 2.65. The Labute approximate surface area is 350 Å². The number of benzene rings is 1. The van der Waals surface area contributed by atoms with Crippen LogP contribution in [-0.4, -0.2) is 127 Å². The molecule has 2 aromatic rings. The predicted octanol–water partition coefficient (Wildman–Crippen LogP) is 5.98. The zero-order valence-electron chi connectivity index (χ0n) is 36.5. The van der Waals surface area contributed by atoms with Crippen LogP contribution in [0, 0.1) is 33.8 Å². The van der Waals surface area contributed by atoms with Gasteiger partial charge in [-0.25, -0.2) is 14.0 Å². The molecular weight excluding hydrogens is 780 g/mol. The van der Waals surface area contributed by atoms with Gasteiger partial charge in [0, 0.05) is 60.5 Å². The van der Waals surface area contributed by atoms with E-state index in [9.17, 15) is 29.3 Å². The van der Waals surface area contributed by atoms with Gasteiger partial charge in [0.05, 0.1) is 41.1 Å². The quantitative estimate of drug-likeness (QED) is 0.0895. The Morgan fingerprint density at radius 2 is 1.72 bits per heavy atom. The molecule has 330 valence electrons. The minimum Gasteiger partial charge on any atom is -0.455 e. The number of amides is 1. The lowest BCUT2D eigenvalue weighted by atomic mass is 9.62. The molecule has 5 heterocycles. The minimum absolute atomic E-state index is 0.0606. The summed E-state index contributed by atoms with van der Waals surface area (Å²) in [4.78, 5) is 71.0. The second-order valence-electron chi connectivity index (χ2n) is 18.3. The van der Waals surface area contributed by atoms with Gasteiger partial charge in [0.1, 0.15) is 17.6 Å². The molecule has 1 amide bonds. The highest BCUT2D eigenvalue weighted by molar-refractivity contribution is 6.07. The molecule has 16 nitrogen and oxygen atoms in total. The fourth-order valence-corrected chi connectivity index (χ4v) is 10.5. The number of hydrogen-bond donors (Lipinski definition) is 0. The summed E-state index contributed by atoms with van der Waals surface area (Å²) in [7, 11) is 4.01. The van der Waals surface area contributed by atoms with Gasteiger partial charge in [0.15, 0.2) is 11.4 Å². The molecule has 4 saturated heterocycles. The van der Waals surface area contributed by atoms with E-state index in [1.54, 1.807) is 50.7 Å². The first kappa shape index (κ1) is 45.2. The van der Waals surface area contributed by atoms with E-state index in [2.05, 4.69) is 15.2 Å². The van der Waals surface area contributed by atoms with E-state index >= 15 is 4.39 Å². The van der Waals surface area contributed by atoms with Crippen molar-refractivity contribution >= 4 is 29.3 Å². The number of non-ortho nitro benzene ring substituents is 1. The molecular formula is C43H61FN6O10. The van der Waals surface area contributed by atoms with Gasteiger partial charge in [-0.2, -0.15) is 0 Å². The van der Waals surface area contributed by atoms with Crippen LogP contribution in [-0.2, 0) is 39.9 Å². The number of hydrogen-bond acceptors (Lipinski definition) is 13. The van der Waals surface area contributed by atoms with Crippen molar-refractivity contribution in [2.75, 3.05) is 20.6 Å². The number of carbonyl (C=O) groups is 4. The molecule has 4 aliphatic heterocycles. The number of nitro benzene ring substituents is 1. The van der Waals surface area contributed by atoms with Gasteiger partial charge in [-0.1, -0.05) is 45.0 Å². The number of cyclic esters (lactones) is 1. The van der Waals surface area contributed by atoms with Crippen LogP contribution in [0.15, 0.2) is 30.5 Å². The van der Waals surface area contributed by atoms with E-state index in [-0.39, 0.29) is 43.0 Å². The Morgan fingerprint density at radius 3 is 2.38 bits per heavy atom. The summed E-state index contributed by atoms with van der Waals surface area (Å²) in [6.07, 6.45) is 1.51. The first-order chi connectivity index (χ1) is 28.1. The van der Waals surface area contributed by atoms with Gasteiger partial charge in [0.25, 0.3) is 11.4 Å². The van der Waals surface area contributed by atoms with Gasteiger partial charge in [0.2, 0.25) is 0 Å². The van der Waals surface area contributed by atoms with E-state index in [0.717, 1.165) is 13.3 Å². The number of ketones is 2. The second kappa shape index (κ2) is 17.2. The van der Waals surface area contributed by atoms with Crippen molar-refractivity contribution in [1.82, 2.24) is 24.8 Å². The summed E-state index contributed by atoms with van der Waals surface area (Å²) in [5.74, 6) is -5.46. The van der Waals surface area contributed by atoms with E-state index < -0.39 is 87.7 Å². The number of halogens is 1. The monoisotopic (exact) mass is 840 g/mol. The molecule has 13 atom stereocenters. The maximum absolute atomic E-state index is 16.9. The number of ether oxygens (including phenoxy) is 4. The fraction of sp³-hybridized carbons (Fsp3) is 0.721. The van der Waals surface area contributed by atoms with Crippen molar-refractivity contribution in [3.63, 3.8) is 0 Å². The summed E-state index contributed by atoms with van der Waals surface area (Å²) in [6.45, 7) is 13.9. The Hall–Kier alpha value is -4.35. The Balaban J connectivity index is 1.25. The Kier molecular flexibility index (Phi) is 12.9. The summed E-state index contributed by atoms with van der Waals surface area (Å²) in [5, 5.41) is 19.6. The van der Waals surface area contributed by atoms with Gasteiger partial charge in [-0.15, -0.1) is 5.10 Å². The van der Waals surface area contributed by atoms with E-state index in [4.69, 9.17) is 18.9 Å². The minimum atomic E-state index is -3.04. The molecule has 1 aromatic carbocycles. The van der Waals surface area contributed by atoms with E-state index in [1.165, 1.54) is 17.0 Å². The third-order valence-electron chi connectivity index (χ3n) is 13.6. The third-order valence-corrected chi connectivity index (χ3v) is 13.6. The lowest BCUT2D eigenvalue weighted by molar-refractivity contribution is -0.384. The van der Waals surface area contributed by atoms with Crippen LogP contribution in [0.25, 0.3) is 11.3 Å². The van der Waals surface area contributed by atoms with Crippen LogP contribution in [0.4, 0.5) is 14.9 Å². The van der Waals surface area contributed by atoms with E-state index in [1.807, 2.05) is 34.9 Å². The highest BCUT2D eigenvalue weighted by Crippen LogP contribution is 2.52. The molecule has 4 aliphatic rings. The number of fused-ring (bicyclic) bond motifs is 2. The van der Waals surface area contributed by atoms with Crippen LogP contribution in [0.5, 0.6) is 0 Å². The molecule has 0 radical (unpaired) electrons. The van der Waals surface area contributed by atoms with Crippen molar-refractivity contribution in [2.24, 2.45) is 23.7 Å². The van der Waals surface area contributed by atoms with Gasteiger partial charge in [-0.3, -0.25) is 24.4 Å². The second-order valence-corrected chi connectivity index (χ2v) is 18.3. The summed E-state index contributed by atoms with van der Waals surface area (Å²) >= 11 is 0. The molecule has 0 spiro atoms. The number of carbonyl (C=O) groups excluding carboxylic acids is 4. The van der Waals surface area contributed by atoms with Crippen molar-refractivity contribution in [3.8, 4) is 11.3 Å². The number of alkyl halides is 1. The molecule has 4 fully saturated rings. The molecule has 60 heavy (non-hydrogen) atoms. The van der Waals surface area contributed by atoms with Gasteiger partial charge >= 0.3 is 12.1 Å². The molecule has 17 heteroatoms. The Bertz CT molecular complexity index is 1960. The maximum atomic E-state index is 16.9. The largest absolute Gasteiger partial charge is 0.455 e. The van der Waals surface area contributed by atoms with Crippen LogP contribution in [0.2, 0.25) is 0 Å². The van der Waals surface area contributed by atoms with E-state index in [0.29, 0.717) is 37.1 Å². The summed E-state index contributed by atoms with van der Waals surface area (Å²) in [6, 6.07) is 5.40. The third kappa shape index (κ3) is 8.45. The van der Waals surface area contributed by atoms with Crippen molar-refractivity contribution in [1.29, 1.82) is 0 Å². The molecule has 0 N–H and O–H groups in total. The number of unbranched alkanes of at least 4 members (excludes halogenated alkanes) is 1. The molecule has 0 bridgehead atoms. The average molecular weight is 841 g/mol. The molecule has 0 saturated carbocycles. The topological polar surface area (TPSA) is 186 Å². The SMILES string of the molecule is CC[C@H]1OC(=O)[C@@](C)(F)C(=O)[C@H](C)[C@H]2C([C@H]3C[C@@H](N(C)C)C[C@@H](C)O3)O[C@@]2(C)C[C@@H](C)C(=O)[C@H](C)C2N(CCCCn3cc(-c4cccc([N+](=O)[O-])c4)nn3)C(=O)O[C@@]21C. The van der Waals surface area contributed by atoms with Gasteiger partial charge in [-0.05, 0) is 80.3 Å². The number of aromatic nitrogens is 3. The highest BCUT2D eigenvalue weighted by atomic mass is 19.1. The first-order valence-electron chi connectivity index (χ1n) is 21.2. The lowest BCUT2D eigenvalue weighted by Crippen LogP contribution is -2.69. The van der Waals surface area contributed by atoms with Crippen LogP contribution < -0.4 is 0 Å². The normalized spacial score (nSPS) is 37.8. The number of nitrogens with zero attached hydrogens (tertiary/aromatic N) is 6. The fourth-order valence-electron chi connectivity index (χ4n) is 10.5. The average Bonchev–Trinajstić information content (AvgIpc) is 3.77. The lowest BCUT2D eigenvalue weighted by Gasteiger charge is -2.59. The smallest absolute Gasteiger partial charge is 0.410 e. The van der Waals surface area contributed by atoms with Crippen molar-refractivity contribution in [3.05, 3.63) is 40.6 Å². The standard InChI is InChI=1S/C43H61FN6O10/c1-11-33-43(8)37(49(40(54)60-43)18-13-12-17-48-23-31(45-46-48)28-15-14-16-29(20-28)50(55)56)27(5)35(51)24(2)22-41(6)34(26(4)38(52)42(7,44)39(53)58-33)36(59-41)32-21-30(47(9)10)19-25(3)57-32/h14-16,20,23-27,30,32-34,36-37H,11-13,17-19,21-22H2,1-10H3/t24-,25-,26-,27+,30+,32-,33-,34+,36?,37?,41+,42+,43-/m1/s1. The van der Waals surface area contributed by atoms with Gasteiger partial charge < -0.3 is 28.7 Å². The van der Waals surface area contributed by atoms with Crippen LogP contribution in [0.1, 0.15) is 93.9 Å². The first-order valence-corrected chi connectivity index (χ1v) is 21.2. The van der Waals surface area contributed by atoms with Crippen molar-refractivity contribution in [2.45, 2.75) is 154 Å². The Morgan fingerprint density at radius 1 is 1.02 bits per heavy atom. The zero-order chi connectivity index (χ0) is 44.1. The number of nitro groups is 1. The number of rotatable bonds is 10. The maximum Gasteiger partial charge on any atom is 0.410 e. The molecule has 2 unspecified atom stereocenters. The number of aryl methyl sites for hydroxylation is 1. The summed E-state index contributed by atoms with van der Waals surface area (Å²) in [5.41, 5.74) is -4.69. The predicted molar refractivity (Wildman–Crippen MR) is 216 cm³/mol. The molecule has 0 aliphatic carbocycles. The summed E-state index contributed by atoms with van der Waals surface area (Å²) < 4.78 is 43.5.